The van der Waals surface area contributed by atoms with Crippen LogP contribution < -0.4 is 21.3 Å². The van der Waals surface area contributed by atoms with Gasteiger partial charge in [0.2, 0.25) is 23.6 Å². The normalized spacial score (nSPS) is 10.9. The molecular formula is C93H73N31O4. The highest BCUT2D eigenvalue weighted by Crippen LogP contribution is 2.33. The third-order valence-corrected chi connectivity index (χ3v) is 19.8. The van der Waals surface area contributed by atoms with Gasteiger partial charge in [0.25, 0.3) is 0 Å². The second-order valence-electron chi connectivity index (χ2n) is 28.8. The maximum absolute atomic E-state index is 12.7. The molecule has 20 rings (SSSR count). The molecule has 35 nitrogen and oxygen atoms in total. The molecule has 20 heterocycles. The number of nitrogens with one attached hydrogen (secondary N) is 4. The van der Waals surface area contributed by atoms with Crippen molar-refractivity contribution in [3.8, 4) is 90.2 Å². The molecule has 624 valence electrons. The van der Waals surface area contributed by atoms with Crippen molar-refractivity contribution in [1.82, 2.24) is 133 Å². The first-order valence-electron chi connectivity index (χ1n) is 39.8. The van der Waals surface area contributed by atoms with Crippen LogP contribution in [-0.2, 0) is 45.4 Å². The van der Waals surface area contributed by atoms with Crippen molar-refractivity contribution in [3.05, 3.63) is 324 Å². The van der Waals surface area contributed by atoms with E-state index < -0.39 is 0 Å². The summed E-state index contributed by atoms with van der Waals surface area (Å²) in [6, 6.07) is 39.7. The fourth-order valence-corrected chi connectivity index (χ4v) is 13.9. The number of aryl methyl sites for hydroxylation is 4. The average Bonchev–Trinajstić information content (AvgIpc) is 1.61. The Bertz CT molecular complexity index is 6460. The predicted octanol–water partition coefficient (Wildman–Crippen LogP) is 13.8. The highest BCUT2D eigenvalue weighted by Gasteiger charge is 2.20. The van der Waals surface area contributed by atoms with Crippen LogP contribution in [0.2, 0.25) is 0 Å². The lowest BCUT2D eigenvalue weighted by molar-refractivity contribution is -0.117. The van der Waals surface area contributed by atoms with Crippen LogP contribution in [0.25, 0.3) is 134 Å². The van der Waals surface area contributed by atoms with Gasteiger partial charge >= 0.3 is 0 Å². The molecule has 0 aliphatic rings. The fraction of sp³-hybridized carbons (Fsp3) is 0.0860. The minimum absolute atomic E-state index is 0.0290. The van der Waals surface area contributed by atoms with Gasteiger partial charge in [-0.2, -0.15) is 5.10 Å². The summed E-state index contributed by atoms with van der Waals surface area (Å²) in [6.07, 6.45) is 46.8. The lowest BCUT2D eigenvalue weighted by Gasteiger charge is -2.08. The number of aromatic nitrogens is 27. The third kappa shape index (κ3) is 19.8. The molecule has 0 aliphatic carbocycles. The van der Waals surface area contributed by atoms with Gasteiger partial charge in [0.05, 0.1) is 113 Å². The highest BCUT2D eigenvalue weighted by molar-refractivity contribution is 5.99. The maximum atomic E-state index is 12.7. The number of carbonyl (C=O) groups excluding carboxylic acids is 4. The van der Waals surface area contributed by atoms with Gasteiger partial charge in [0, 0.05) is 167 Å². The van der Waals surface area contributed by atoms with Crippen molar-refractivity contribution in [2.45, 2.75) is 53.9 Å². The Kier molecular flexibility index (Phi) is 24.6. The van der Waals surface area contributed by atoms with E-state index in [1.54, 1.807) is 211 Å². The summed E-state index contributed by atoms with van der Waals surface area (Å²) in [6.45, 7) is 8.16. The average molecular weight is 1690 g/mol. The molecular weight excluding hydrogens is 1620 g/mol. The molecule has 0 radical (unpaired) electrons. The number of anilines is 4. The van der Waals surface area contributed by atoms with Crippen LogP contribution >= 0.6 is 0 Å². The molecule has 0 atom stereocenters. The Balaban J connectivity index is 0.000000120. The van der Waals surface area contributed by atoms with E-state index in [1.807, 2.05) is 130 Å². The van der Waals surface area contributed by atoms with E-state index in [1.165, 1.54) is 6.33 Å². The number of pyridine rings is 11. The Labute approximate surface area is 728 Å². The molecule has 35 heteroatoms. The molecule has 128 heavy (non-hydrogen) atoms. The molecule has 4 N–H and O–H groups in total. The summed E-state index contributed by atoms with van der Waals surface area (Å²) in [5.74, 6) is -0.320. The van der Waals surface area contributed by atoms with Crippen molar-refractivity contribution in [1.29, 1.82) is 0 Å². The predicted molar refractivity (Wildman–Crippen MR) is 480 cm³/mol. The molecule has 0 aromatic carbocycles. The van der Waals surface area contributed by atoms with Crippen LogP contribution in [0.5, 0.6) is 0 Å². The first-order valence-corrected chi connectivity index (χ1v) is 39.8. The molecule has 0 unspecified atom stereocenters. The highest BCUT2D eigenvalue weighted by atomic mass is 16.2. The Morgan fingerprint density at radius 2 is 0.734 bits per heavy atom. The first kappa shape index (κ1) is 82.3. The van der Waals surface area contributed by atoms with Gasteiger partial charge in [-0.1, -0.05) is 0 Å². The number of hydrogen-bond donors (Lipinski definition) is 4. The summed E-state index contributed by atoms with van der Waals surface area (Å²) in [5.41, 5.74) is 22.3. The molecule has 0 spiro atoms. The van der Waals surface area contributed by atoms with Crippen LogP contribution in [-0.4, -0.2) is 157 Å². The SMILES string of the molecule is Cc1cc(-c2ccnc3c2ccn3CC(=O)Nc2ccc(-c3cnccn3)nc2)ccn1.Cc1cc(-c2ccnc3c2cnn3CC(=O)Nc2ccc(-c3cnccn3)nc2)ccn1.Cc1cc(-c2nccc3c2ncn3CC(=O)Nc2ccc(-c3cnccn3)cn2)ccn1.Cc1cc(-c2ncnc3c2ccn3CC(=O)Nc2ccc(-c3cnccn3)nc2)ccn1. The third-order valence-electron chi connectivity index (χ3n) is 19.8. The topological polar surface area (TPSA) is 433 Å². The smallest absolute Gasteiger partial charge is 0.246 e. The number of carbonyl (C=O) groups is 4. The van der Waals surface area contributed by atoms with Gasteiger partial charge < -0.3 is 35.0 Å². The number of rotatable bonds is 20. The zero-order chi connectivity index (χ0) is 87.7. The number of imidazole rings is 1. The molecule has 20 aromatic rings. The molecule has 0 bridgehead atoms. The monoisotopic (exact) mass is 1690 g/mol. The first-order chi connectivity index (χ1) is 62.7. The molecule has 20 aromatic heterocycles. The molecule has 0 fully saturated rings. The van der Waals surface area contributed by atoms with E-state index in [0.29, 0.717) is 68.3 Å². The number of nitrogens with zero attached hydrogens (tertiary/aromatic N) is 27. The Hall–Kier alpha value is -18.1. The van der Waals surface area contributed by atoms with Crippen LogP contribution in [0.4, 0.5) is 22.9 Å². The van der Waals surface area contributed by atoms with Gasteiger partial charge in [-0.15, -0.1) is 0 Å². The van der Waals surface area contributed by atoms with E-state index in [-0.39, 0.29) is 49.8 Å². The fourth-order valence-electron chi connectivity index (χ4n) is 13.9. The molecule has 0 saturated carbocycles. The summed E-state index contributed by atoms with van der Waals surface area (Å²) < 4.78 is 7.01. The molecule has 4 amide bonds. The van der Waals surface area contributed by atoms with Crippen molar-refractivity contribution in [2.75, 3.05) is 21.3 Å². The van der Waals surface area contributed by atoms with Gasteiger partial charge in [-0.3, -0.25) is 98.9 Å². The minimum atomic E-state index is -0.226. The van der Waals surface area contributed by atoms with E-state index in [2.05, 4.69) is 136 Å². The van der Waals surface area contributed by atoms with E-state index in [0.717, 1.165) is 112 Å². The second kappa shape index (κ2) is 38.4. The number of fused-ring (bicyclic) bond motifs is 4. The van der Waals surface area contributed by atoms with Crippen molar-refractivity contribution >= 4 is 90.6 Å². The van der Waals surface area contributed by atoms with Crippen molar-refractivity contribution in [3.63, 3.8) is 0 Å². The lowest BCUT2D eigenvalue weighted by atomic mass is 10.0. The lowest BCUT2D eigenvalue weighted by Crippen LogP contribution is -2.19. The van der Waals surface area contributed by atoms with E-state index >= 15 is 0 Å². The van der Waals surface area contributed by atoms with Gasteiger partial charge in [-0.25, -0.2) is 34.6 Å². The van der Waals surface area contributed by atoms with E-state index in [4.69, 9.17) is 0 Å². The minimum Gasteiger partial charge on any atom is -0.323 e. The zero-order valence-corrected chi connectivity index (χ0v) is 68.8. The van der Waals surface area contributed by atoms with Crippen LogP contribution in [0.3, 0.4) is 0 Å². The zero-order valence-electron chi connectivity index (χ0n) is 68.8. The largest absolute Gasteiger partial charge is 0.323 e. The number of hydrogen-bond acceptors (Lipinski definition) is 27. The molecule has 0 saturated heterocycles. The molecule has 0 aliphatic heterocycles. The quantitative estimate of drug-likeness (QED) is 0.0550. The number of amides is 4. The van der Waals surface area contributed by atoms with Crippen LogP contribution in [0.15, 0.2) is 301 Å². The van der Waals surface area contributed by atoms with E-state index in [9.17, 15) is 19.2 Å². The maximum Gasteiger partial charge on any atom is 0.246 e. The van der Waals surface area contributed by atoms with Gasteiger partial charge in [0.15, 0.2) is 5.65 Å². The van der Waals surface area contributed by atoms with Gasteiger partial charge in [-0.05, 0) is 177 Å². The second-order valence-corrected chi connectivity index (χ2v) is 28.8. The summed E-state index contributed by atoms with van der Waals surface area (Å²) >= 11 is 0. The van der Waals surface area contributed by atoms with Crippen LogP contribution in [0.1, 0.15) is 22.8 Å². The summed E-state index contributed by atoms with van der Waals surface area (Å²) in [5, 5.41) is 18.5. The van der Waals surface area contributed by atoms with Gasteiger partial charge in [0.1, 0.15) is 72.2 Å². The van der Waals surface area contributed by atoms with Crippen LogP contribution in [0, 0.1) is 27.7 Å². The van der Waals surface area contributed by atoms with Crippen molar-refractivity contribution in [2.24, 2.45) is 0 Å². The van der Waals surface area contributed by atoms with Crippen molar-refractivity contribution < 1.29 is 19.2 Å². The Morgan fingerprint density at radius 3 is 1.23 bits per heavy atom. The standard InChI is InChI=1S/C24H19N7O.3C23H18N8O/c1-16-12-17(4-7-26-16)19-5-8-28-24-20(19)6-11-31(24)15-23(32)30-18-2-3-21(29-13-18)22-14-25-9-10-27-22;1-15-10-16(4-6-25-15)22-18-5-9-31(23(18)29-14-28-22)13-21(32)30-17-2-3-19(27-11-17)20-12-24-7-8-26-20;1-15-10-16(4-6-25-15)22-23-19(5-7-27-22)31(14-29-23)13-21(32)30-20-3-2-17(11-28-20)18-12-24-8-9-26-18;1-15-10-16(4-6-25-15)18-5-7-27-23-19(18)12-29-31(23)14-22(32)30-17-2-3-20(28-11-17)21-13-24-8-9-26-21/h2-14H,15H2,1H3,(H,30,32);2-12,14H,13H2,1H3,(H,30,32);2-12,14H,13H2,1H3,(H,28,30,32);2-13H,14H2,1H3,(H,30,32). The summed E-state index contributed by atoms with van der Waals surface area (Å²) in [7, 11) is 0. The summed E-state index contributed by atoms with van der Waals surface area (Å²) in [4.78, 5) is 145. The Morgan fingerprint density at radius 1 is 0.289 bits per heavy atom.